The van der Waals surface area contributed by atoms with E-state index >= 15 is 0 Å². The molecule has 0 aromatic rings. The molecule has 2 heteroatoms. The number of ether oxygens (including phenoxy) is 1. The van der Waals surface area contributed by atoms with Gasteiger partial charge in [0.25, 0.3) is 0 Å². The molecule has 0 saturated heterocycles. The third-order valence-corrected chi connectivity index (χ3v) is 4.21. The van der Waals surface area contributed by atoms with Crippen LogP contribution in [0.3, 0.4) is 0 Å². The Morgan fingerprint density at radius 3 is 1.82 bits per heavy atom. The molecule has 0 bridgehead atoms. The monoisotopic (exact) mass is 308 g/mol. The van der Waals surface area contributed by atoms with Gasteiger partial charge in [-0.25, -0.2) is 0 Å². The molecule has 0 aliphatic heterocycles. The standard InChI is InChI=1S/C20H36O2/c21-17-19-22-18-13-11-9-7-5-3-1-2-4-6-8-10-12-14-20-15-16-20/h20-21H,1-11,13,15-19H2. The van der Waals surface area contributed by atoms with Gasteiger partial charge in [0.2, 0.25) is 0 Å². The van der Waals surface area contributed by atoms with E-state index in [1.165, 1.54) is 77.0 Å². The van der Waals surface area contributed by atoms with Crippen LogP contribution < -0.4 is 0 Å². The van der Waals surface area contributed by atoms with Crippen LogP contribution in [0.5, 0.6) is 0 Å². The van der Waals surface area contributed by atoms with Gasteiger partial charge in [0.1, 0.15) is 0 Å². The summed E-state index contributed by atoms with van der Waals surface area (Å²) in [6, 6.07) is 0. The van der Waals surface area contributed by atoms with Crippen molar-refractivity contribution in [2.45, 2.75) is 89.9 Å². The van der Waals surface area contributed by atoms with Crippen molar-refractivity contribution in [2.75, 3.05) is 19.8 Å². The molecule has 128 valence electrons. The summed E-state index contributed by atoms with van der Waals surface area (Å²) in [4.78, 5) is 0. The molecule has 0 aromatic carbocycles. The molecule has 0 atom stereocenters. The maximum atomic E-state index is 8.57. The Morgan fingerprint density at radius 1 is 0.727 bits per heavy atom. The lowest BCUT2D eigenvalue weighted by Crippen LogP contribution is -2.00. The lowest BCUT2D eigenvalue weighted by Gasteiger charge is -2.03. The molecular weight excluding hydrogens is 272 g/mol. The second kappa shape index (κ2) is 15.4. The summed E-state index contributed by atoms with van der Waals surface area (Å²) in [7, 11) is 0. The van der Waals surface area contributed by atoms with Crippen LogP contribution in [-0.4, -0.2) is 24.9 Å². The molecule has 1 fully saturated rings. The predicted molar refractivity (Wildman–Crippen MR) is 93.8 cm³/mol. The number of rotatable bonds is 15. The van der Waals surface area contributed by atoms with E-state index in [1.807, 2.05) is 0 Å². The third kappa shape index (κ3) is 14.4. The fourth-order valence-corrected chi connectivity index (χ4v) is 2.62. The molecule has 1 rings (SSSR count). The zero-order valence-electron chi connectivity index (χ0n) is 14.5. The van der Waals surface area contributed by atoms with Gasteiger partial charge in [0.15, 0.2) is 0 Å². The smallest absolute Gasteiger partial charge is 0.0697 e. The summed E-state index contributed by atoms with van der Waals surface area (Å²) >= 11 is 0. The summed E-state index contributed by atoms with van der Waals surface area (Å²) < 4.78 is 5.25. The number of hydrogen-bond donors (Lipinski definition) is 1. The molecular formula is C20H36O2. The Bertz CT molecular complexity index is 286. The Morgan fingerprint density at radius 2 is 1.27 bits per heavy atom. The molecule has 1 aliphatic carbocycles. The van der Waals surface area contributed by atoms with Crippen molar-refractivity contribution in [3.05, 3.63) is 0 Å². The second-order valence-electron chi connectivity index (χ2n) is 6.57. The van der Waals surface area contributed by atoms with Crippen molar-refractivity contribution in [1.29, 1.82) is 0 Å². The van der Waals surface area contributed by atoms with E-state index in [2.05, 4.69) is 11.8 Å². The minimum Gasteiger partial charge on any atom is -0.394 e. The summed E-state index contributed by atoms with van der Waals surface area (Å²) in [6.45, 7) is 1.45. The molecule has 0 aromatic heterocycles. The molecule has 0 spiro atoms. The average Bonchev–Trinajstić information content (AvgIpc) is 3.34. The Hall–Kier alpha value is -0.520. The Labute approximate surface area is 138 Å². The van der Waals surface area contributed by atoms with Crippen molar-refractivity contribution in [2.24, 2.45) is 5.92 Å². The number of hydrogen-bond acceptors (Lipinski definition) is 2. The van der Waals surface area contributed by atoms with Crippen LogP contribution >= 0.6 is 0 Å². The average molecular weight is 309 g/mol. The van der Waals surface area contributed by atoms with Gasteiger partial charge in [-0.15, -0.1) is 5.92 Å². The maximum Gasteiger partial charge on any atom is 0.0697 e. The molecule has 22 heavy (non-hydrogen) atoms. The highest BCUT2D eigenvalue weighted by Gasteiger charge is 2.17. The quantitative estimate of drug-likeness (QED) is 0.337. The predicted octanol–water partition coefficient (Wildman–Crippen LogP) is 5.09. The molecule has 0 heterocycles. The van der Waals surface area contributed by atoms with E-state index in [1.54, 1.807) is 0 Å². The van der Waals surface area contributed by atoms with Gasteiger partial charge in [-0.05, 0) is 25.7 Å². The fourth-order valence-electron chi connectivity index (χ4n) is 2.62. The second-order valence-corrected chi connectivity index (χ2v) is 6.57. The largest absolute Gasteiger partial charge is 0.394 e. The van der Waals surface area contributed by atoms with E-state index in [0.717, 1.165) is 25.4 Å². The van der Waals surface area contributed by atoms with E-state index in [4.69, 9.17) is 9.84 Å². The van der Waals surface area contributed by atoms with Crippen molar-refractivity contribution in [3.63, 3.8) is 0 Å². The molecule has 1 N–H and O–H groups in total. The third-order valence-electron chi connectivity index (χ3n) is 4.21. The van der Waals surface area contributed by atoms with Gasteiger partial charge in [0.05, 0.1) is 13.2 Å². The van der Waals surface area contributed by atoms with Crippen LogP contribution in [0.1, 0.15) is 89.9 Å². The van der Waals surface area contributed by atoms with Gasteiger partial charge < -0.3 is 9.84 Å². The van der Waals surface area contributed by atoms with Gasteiger partial charge >= 0.3 is 0 Å². The van der Waals surface area contributed by atoms with Gasteiger partial charge in [-0.3, -0.25) is 0 Å². The van der Waals surface area contributed by atoms with Crippen LogP contribution in [0.2, 0.25) is 0 Å². The summed E-state index contributed by atoms with van der Waals surface area (Å²) in [5.74, 6) is 7.43. The van der Waals surface area contributed by atoms with Gasteiger partial charge in [-0.1, -0.05) is 63.7 Å². The highest BCUT2D eigenvalue weighted by atomic mass is 16.5. The summed E-state index contributed by atoms with van der Waals surface area (Å²) in [5, 5.41) is 8.57. The number of unbranched alkanes of at least 4 members (excludes halogenated alkanes) is 11. The first kappa shape index (κ1) is 19.5. The lowest BCUT2D eigenvalue weighted by molar-refractivity contribution is 0.0895. The van der Waals surface area contributed by atoms with Gasteiger partial charge in [0, 0.05) is 18.9 Å². The van der Waals surface area contributed by atoms with Crippen molar-refractivity contribution < 1.29 is 9.84 Å². The zero-order valence-corrected chi connectivity index (χ0v) is 14.5. The Kier molecular flexibility index (Phi) is 13.6. The molecule has 0 amide bonds. The van der Waals surface area contributed by atoms with E-state index < -0.39 is 0 Å². The first-order chi connectivity index (χ1) is 10.9. The first-order valence-corrected chi connectivity index (χ1v) is 9.60. The molecule has 0 radical (unpaired) electrons. The summed E-state index contributed by atoms with van der Waals surface area (Å²) in [5.41, 5.74) is 0. The van der Waals surface area contributed by atoms with Crippen molar-refractivity contribution in [1.82, 2.24) is 0 Å². The number of aliphatic hydroxyl groups excluding tert-OH is 1. The summed E-state index contributed by atoms with van der Waals surface area (Å²) in [6.07, 6.45) is 18.6. The maximum absolute atomic E-state index is 8.57. The zero-order chi connectivity index (χ0) is 15.7. The minimum absolute atomic E-state index is 0.147. The topological polar surface area (TPSA) is 29.5 Å². The Balaban J connectivity index is 1.64. The highest BCUT2D eigenvalue weighted by Crippen LogP contribution is 2.27. The van der Waals surface area contributed by atoms with Crippen LogP contribution in [0.25, 0.3) is 0 Å². The highest BCUT2D eigenvalue weighted by molar-refractivity contribution is 5.08. The molecule has 2 nitrogen and oxygen atoms in total. The van der Waals surface area contributed by atoms with Crippen molar-refractivity contribution in [3.8, 4) is 11.8 Å². The van der Waals surface area contributed by atoms with Crippen LogP contribution in [-0.2, 0) is 4.74 Å². The van der Waals surface area contributed by atoms with Crippen LogP contribution in [0.15, 0.2) is 0 Å². The molecule has 1 aliphatic rings. The molecule has 0 unspecified atom stereocenters. The minimum atomic E-state index is 0.147. The van der Waals surface area contributed by atoms with Gasteiger partial charge in [-0.2, -0.15) is 0 Å². The number of aliphatic hydroxyl groups is 1. The van der Waals surface area contributed by atoms with E-state index in [0.29, 0.717) is 6.61 Å². The van der Waals surface area contributed by atoms with Crippen molar-refractivity contribution >= 4 is 0 Å². The van der Waals surface area contributed by atoms with Crippen LogP contribution in [0.4, 0.5) is 0 Å². The van der Waals surface area contributed by atoms with E-state index in [9.17, 15) is 0 Å². The first-order valence-electron chi connectivity index (χ1n) is 9.60. The molecule has 1 saturated carbocycles. The van der Waals surface area contributed by atoms with Crippen LogP contribution in [0, 0.1) is 17.8 Å². The SMILES string of the molecule is OCCOCCCCCCCCCCCCCC#CC1CC1. The normalized spacial score (nSPS) is 13.9. The fraction of sp³-hybridized carbons (Fsp3) is 0.900. The van der Waals surface area contributed by atoms with E-state index in [-0.39, 0.29) is 6.61 Å². The lowest BCUT2D eigenvalue weighted by atomic mass is 10.1.